The zero-order chi connectivity index (χ0) is 13.8. The van der Waals surface area contributed by atoms with Gasteiger partial charge in [0.2, 0.25) is 5.95 Å². The van der Waals surface area contributed by atoms with Crippen LogP contribution >= 0.6 is 0 Å². The number of H-pyrrole nitrogens is 1. The molecule has 2 heterocycles. The first-order valence-corrected chi connectivity index (χ1v) is 5.74. The number of aliphatic hydroxyl groups is 3. The van der Waals surface area contributed by atoms with Crippen LogP contribution in [0.2, 0.25) is 0 Å². The van der Waals surface area contributed by atoms with Crippen LogP contribution in [0.3, 0.4) is 0 Å². The van der Waals surface area contributed by atoms with Crippen LogP contribution in [0, 0.1) is 0 Å². The summed E-state index contributed by atoms with van der Waals surface area (Å²) in [6.45, 7) is -0.447. The van der Waals surface area contributed by atoms with Crippen molar-refractivity contribution in [2.45, 2.75) is 18.7 Å². The number of hydrogen-bond acceptors (Lipinski definition) is 8. The van der Waals surface area contributed by atoms with E-state index in [0.29, 0.717) is 16.7 Å². The topological polar surface area (TPSA) is 153 Å². The molecule has 2 atom stereocenters. The first-order chi connectivity index (χ1) is 9.15. The van der Waals surface area contributed by atoms with Gasteiger partial charge in [0.1, 0.15) is 11.0 Å². The van der Waals surface area contributed by atoms with Crippen molar-refractivity contribution in [3.05, 3.63) is 11.9 Å². The van der Waals surface area contributed by atoms with E-state index in [1.165, 1.54) is 6.20 Å². The number of nitrogens with zero attached hydrogens (tertiary/aromatic N) is 3. The van der Waals surface area contributed by atoms with Crippen molar-refractivity contribution in [2.75, 3.05) is 18.9 Å². The predicted molar refractivity (Wildman–Crippen MR) is 66.9 cm³/mol. The number of nitrogen functional groups attached to an aromatic ring is 1. The summed E-state index contributed by atoms with van der Waals surface area (Å²) in [6.07, 6.45) is 0.461. The van der Waals surface area contributed by atoms with Crippen LogP contribution in [-0.4, -0.2) is 60.8 Å². The molecule has 0 saturated carbocycles. The highest BCUT2D eigenvalue weighted by Crippen LogP contribution is 2.13. The number of aromatic amines is 1. The van der Waals surface area contributed by atoms with Crippen LogP contribution in [0.4, 0.5) is 5.95 Å². The lowest BCUT2D eigenvalue weighted by molar-refractivity contribution is 0.0409. The molecule has 19 heavy (non-hydrogen) atoms. The van der Waals surface area contributed by atoms with Gasteiger partial charge in [0.05, 0.1) is 37.3 Å². The quantitative estimate of drug-likeness (QED) is 0.343. The Balaban J connectivity index is 2.11. The molecule has 0 fully saturated rings. The summed E-state index contributed by atoms with van der Waals surface area (Å²) in [4.78, 5) is 7.89. The van der Waals surface area contributed by atoms with E-state index >= 15 is 0 Å². The Kier molecular flexibility index (Phi) is 4.22. The van der Waals surface area contributed by atoms with Crippen molar-refractivity contribution in [2.24, 2.45) is 0 Å². The minimum Gasteiger partial charge on any atom is -0.395 e. The molecular formula is C10H16N6O3. The van der Waals surface area contributed by atoms with Crippen LogP contribution in [0.25, 0.3) is 11.0 Å². The van der Waals surface area contributed by atoms with E-state index in [1.54, 1.807) is 0 Å². The van der Waals surface area contributed by atoms with Gasteiger partial charge in [0.25, 0.3) is 0 Å². The molecular weight excluding hydrogens is 252 g/mol. The molecule has 2 aromatic heterocycles. The third-order valence-electron chi connectivity index (χ3n) is 2.77. The van der Waals surface area contributed by atoms with E-state index < -0.39 is 18.8 Å². The summed E-state index contributed by atoms with van der Waals surface area (Å²) in [5, 5.41) is 37.1. The zero-order valence-electron chi connectivity index (χ0n) is 10.1. The molecule has 0 aliphatic rings. The second-order valence-electron chi connectivity index (χ2n) is 4.08. The fourth-order valence-corrected chi connectivity index (χ4v) is 1.68. The molecule has 0 amide bonds. The van der Waals surface area contributed by atoms with Crippen molar-refractivity contribution in [3.8, 4) is 0 Å². The number of aromatic nitrogens is 4. The SMILES string of the molecule is Nc1ncc2n[nH]c(CN[C@H](CO)[C@@H](O)CO)c2n1. The Morgan fingerprint density at radius 2 is 2.16 bits per heavy atom. The van der Waals surface area contributed by atoms with Gasteiger partial charge < -0.3 is 26.4 Å². The molecule has 7 N–H and O–H groups in total. The first kappa shape index (κ1) is 13.6. The number of nitrogens with one attached hydrogen (secondary N) is 2. The van der Waals surface area contributed by atoms with E-state index in [-0.39, 0.29) is 19.1 Å². The van der Waals surface area contributed by atoms with Gasteiger partial charge in [0, 0.05) is 6.54 Å². The Labute approximate surface area is 108 Å². The minimum absolute atomic E-state index is 0.143. The molecule has 0 aliphatic heterocycles. The molecule has 0 bridgehead atoms. The highest BCUT2D eigenvalue weighted by molar-refractivity contribution is 5.76. The molecule has 104 valence electrons. The molecule has 2 aromatic rings. The second kappa shape index (κ2) is 5.89. The van der Waals surface area contributed by atoms with Gasteiger partial charge in [-0.15, -0.1) is 0 Å². The van der Waals surface area contributed by atoms with Crippen molar-refractivity contribution >= 4 is 17.0 Å². The van der Waals surface area contributed by atoms with Crippen LogP contribution in [0.15, 0.2) is 6.20 Å². The average molecular weight is 268 g/mol. The van der Waals surface area contributed by atoms with Crippen molar-refractivity contribution in [1.82, 2.24) is 25.5 Å². The summed E-state index contributed by atoms with van der Waals surface area (Å²) in [6, 6.07) is -0.637. The summed E-state index contributed by atoms with van der Waals surface area (Å²) >= 11 is 0. The Hall–Kier alpha value is -1.81. The second-order valence-corrected chi connectivity index (χ2v) is 4.08. The van der Waals surface area contributed by atoms with E-state index in [0.717, 1.165) is 0 Å². The zero-order valence-corrected chi connectivity index (χ0v) is 10.1. The van der Waals surface area contributed by atoms with Gasteiger partial charge in [-0.1, -0.05) is 0 Å². The number of anilines is 1. The maximum absolute atomic E-state index is 9.46. The van der Waals surface area contributed by atoms with Crippen molar-refractivity contribution in [1.29, 1.82) is 0 Å². The van der Waals surface area contributed by atoms with Gasteiger partial charge in [-0.3, -0.25) is 5.10 Å². The summed E-state index contributed by atoms with van der Waals surface area (Å²) in [5.41, 5.74) is 7.32. The monoisotopic (exact) mass is 268 g/mol. The standard InChI is InChI=1S/C10H16N6O3/c11-10-13-2-6-9(14-10)5(15-16-6)1-12-7(3-17)8(19)4-18/h2,7-8,12,17-19H,1,3-4H2,(H,15,16)(H2,11,13,14)/t7-,8+/m1/s1. The van der Waals surface area contributed by atoms with Crippen LogP contribution < -0.4 is 11.1 Å². The lowest BCUT2D eigenvalue weighted by atomic mass is 10.2. The van der Waals surface area contributed by atoms with E-state index in [2.05, 4.69) is 25.5 Å². The molecule has 0 radical (unpaired) electrons. The molecule has 0 spiro atoms. The minimum atomic E-state index is -1.04. The molecule has 9 heteroatoms. The van der Waals surface area contributed by atoms with Gasteiger partial charge >= 0.3 is 0 Å². The first-order valence-electron chi connectivity index (χ1n) is 5.74. The van der Waals surface area contributed by atoms with Gasteiger partial charge in [-0.25, -0.2) is 9.97 Å². The van der Waals surface area contributed by atoms with Crippen molar-refractivity contribution in [3.63, 3.8) is 0 Å². The Bertz CT molecular complexity index is 545. The highest BCUT2D eigenvalue weighted by atomic mass is 16.3. The lowest BCUT2D eigenvalue weighted by Gasteiger charge is -2.20. The lowest BCUT2D eigenvalue weighted by Crippen LogP contribution is -2.44. The number of nitrogens with two attached hydrogens (primary N) is 1. The molecule has 9 nitrogen and oxygen atoms in total. The van der Waals surface area contributed by atoms with Gasteiger partial charge in [0.15, 0.2) is 0 Å². The fourth-order valence-electron chi connectivity index (χ4n) is 1.68. The Morgan fingerprint density at radius 3 is 2.84 bits per heavy atom. The summed E-state index contributed by atoms with van der Waals surface area (Å²) in [5.74, 6) is 0.143. The van der Waals surface area contributed by atoms with E-state index in [1.807, 2.05) is 0 Å². The molecule has 0 saturated heterocycles. The number of rotatable bonds is 6. The third kappa shape index (κ3) is 2.96. The molecule has 0 unspecified atom stereocenters. The van der Waals surface area contributed by atoms with Gasteiger partial charge in [-0.05, 0) is 0 Å². The average Bonchev–Trinajstić information content (AvgIpc) is 2.81. The third-order valence-corrected chi connectivity index (χ3v) is 2.77. The van der Waals surface area contributed by atoms with Gasteiger partial charge in [-0.2, -0.15) is 5.10 Å². The highest BCUT2D eigenvalue weighted by Gasteiger charge is 2.18. The van der Waals surface area contributed by atoms with E-state index in [4.69, 9.17) is 15.9 Å². The maximum atomic E-state index is 9.46. The maximum Gasteiger partial charge on any atom is 0.220 e. The van der Waals surface area contributed by atoms with Crippen LogP contribution in [-0.2, 0) is 6.54 Å². The number of aliphatic hydroxyl groups excluding tert-OH is 3. The summed E-state index contributed by atoms with van der Waals surface area (Å²) in [7, 11) is 0. The van der Waals surface area contributed by atoms with Crippen LogP contribution in [0.5, 0.6) is 0 Å². The molecule has 2 rings (SSSR count). The fraction of sp³-hybridized carbons (Fsp3) is 0.500. The predicted octanol–water partition coefficient (Wildman–Crippen LogP) is -2.26. The number of fused-ring (bicyclic) bond motifs is 1. The Morgan fingerprint density at radius 1 is 1.37 bits per heavy atom. The van der Waals surface area contributed by atoms with E-state index in [9.17, 15) is 5.11 Å². The normalized spacial score (nSPS) is 14.7. The molecule has 0 aromatic carbocycles. The van der Waals surface area contributed by atoms with Crippen molar-refractivity contribution < 1.29 is 15.3 Å². The number of hydrogen-bond donors (Lipinski definition) is 6. The molecule has 0 aliphatic carbocycles. The smallest absolute Gasteiger partial charge is 0.220 e. The summed E-state index contributed by atoms with van der Waals surface area (Å²) < 4.78 is 0. The largest absolute Gasteiger partial charge is 0.395 e. The van der Waals surface area contributed by atoms with Crippen LogP contribution in [0.1, 0.15) is 5.69 Å².